The topological polar surface area (TPSA) is 98.8 Å². The predicted molar refractivity (Wildman–Crippen MR) is 177 cm³/mol. The van der Waals surface area contributed by atoms with Gasteiger partial charge >= 0.3 is 29.6 Å². The Morgan fingerprint density at radius 2 is 1.54 bits per heavy atom. The van der Waals surface area contributed by atoms with Crippen LogP contribution in [0, 0.1) is 6.92 Å². The molecule has 0 aliphatic rings. The molecule has 1 atom stereocenters. The van der Waals surface area contributed by atoms with E-state index in [-0.39, 0.29) is 36.2 Å². The van der Waals surface area contributed by atoms with Crippen LogP contribution < -0.4 is 48.9 Å². The van der Waals surface area contributed by atoms with Gasteiger partial charge in [-0.3, -0.25) is 0 Å². The molecule has 0 saturated carbocycles. The Morgan fingerprint density at radius 3 is 2.29 bits per heavy atom. The molecule has 8 nitrogen and oxygen atoms in total. The van der Waals surface area contributed by atoms with Crippen LogP contribution in [0.15, 0.2) is 126 Å². The number of oxazole rings is 1. The van der Waals surface area contributed by atoms with Crippen molar-refractivity contribution < 1.29 is 58.1 Å². The van der Waals surface area contributed by atoms with Gasteiger partial charge in [-0.1, -0.05) is 78.9 Å². The van der Waals surface area contributed by atoms with Gasteiger partial charge in [0.1, 0.15) is 23.8 Å². The summed E-state index contributed by atoms with van der Waals surface area (Å²) in [5.41, 5.74) is 5.01. The van der Waals surface area contributed by atoms with E-state index >= 15 is 0 Å². The molecule has 1 unspecified atom stereocenters. The van der Waals surface area contributed by atoms with Gasteiger partial charge in [-0.25, -0.2) is 4.98 Å². The number of hydrogen-bond donors (Lipinski definition) is 0. The largest absolute Gasteiger partial charge is 1.00 e. The van der Waals surface area contributed by atoms with Gasteiger partial charge in [0.2, 0.25) is 5.89 Å². The number of carbonyl (C=O) groups is 1. The Balaban J connectivity index is 0.00000401. The predicted octanol–water partition coefficient (Wildman–Crippen LogP) is 4.27. The summed E-state index contributed by atoms with van der Waals surface area (Å²) in [5, 5.41) is 14.0. The van der Waals surface area contributed by atoms with Gasteiger partial charge in [0.15, 0.2) is 17.6 Å². The fourth-order valence-corrected chi connectivity index (χ4v) is 5.87. The van der Waals surface area contributed by atoms with Crippen LogP contribution >= 0.6 is 0 Å². The molecule has 0 N–H and O–H groups in total. The van der Waals surface area contributed by atoms with Crippen LogP contribution in [0.3, 0.4) is 0 Å². The van der Waals surface area contributed by atoms with E-state index in [0.717, 1.165) is 32.9 Å². The zero-order valence-corrected chi connectivity index (χ0v) is 28.9. The van der Waals surface area contributed by atoms with Crippen molar-refractivity contribution >= 4 is 27.8 Å². The van der Waals surface area contributed by atoms with Gasteiger partial charge in [-0.05, 0) is 60.5 Å². The maximum Gasteiger partial charge on any atom is 1.00 e. The van der Waals surface area contributed by atoms with Gasteiger partial charge in [-0.2, -0.15) is 0 Å². The first-order valence-electron chi connectivity index (χ1n) is 15.2. The zero-order valence-electron chi connectivity index (χ0n) is 26.9. The normalized spacial score (nSPS) is 11.6. The summed E-state index contributed by atoms with van der Waals surface area (Å²) in [4.78, 5) is 16.8. The van der Waals surface area contributed by atoms with Gasteiger partial charge in [0, 0.05) is 28.4 Å². The van der Waals surface area contributed by atoms with Crippen molar-refractivity contribution in [3.8, 4) is 28.7 Å². The Bertz CT molecular complexity index is 2190. The van der Waals surface area contributed by atoms with Crippen molar-refractivity contribution in [1.82, 2.24) is 9.55 Å². The number of aryl methyl sites for hydroxylation is 1. The van der Waals surface area contributed by atoms with E-state index in [1.165, 1.54) is 0 Å². The molecule has 0 fully saturated rings. The fourth-order valence-electron chi connectivity index (χ4n) is 5.87. The van der Waals surface area contributed by atoms with Crippen LogP contribution in [-0.2, 0) is 17.9 Å². The van der Waals surface area contributed by atoms with Gasteiger partial charge < -0.3 is 33.1 Å². The van der Waals surface area contributed by atoms with E-state index in [9.17, 15) is 9.90 Å². The minimum Gasteiger partial charge on any atom is -0.546 e. The van der Waals surface area contributed by atoms with E-state index in [0.29, 0.717) is 46.7 Å². The van der Waals surface area contributed by atoms with Crippen LogP contribution in [0.1, 0.15) is 28.7 Å². The number of carboxylic acids is 1. The molecule has 2 aromatic heterocycles. The maximum absolute atomic E-state index is 12.2. The molecule has 7 rings (SSSR count). The molecule has 0 aliphatic carbocycles. The summed E-state index contributed by atoms with van der Waals surface area (Å²) in [7, 11) is 1.62. The number of aromatic nitrogens is 2. The van der Waals surface area contributed by atoms with E-state index in [4.69, 9.17) is 18.6 Å². The van der Waals surface area contributed by atoms with Crippen LogP contribution in [0.2, 0.25) is 0 Å². The Morgan fingerprint density at radius 1 is 0.833 bits per heavy atom. The quantitative estimate of drug-likeness (QED) is 0.194. The number of nitrogens with zero attached hydrogens (tertiary/aromatic N) is 2. The van der Waals surface area contributed by atoms with Gasteiger partial charge in [0.05, 0.1) is 18.6 Å². The Hall–Kier alpha value is -5.02. The van der Waals surface area contributed by atoms with E-state index in [1.54, 1.807) is 37.4 Å². The molecule has 0 bridgehead atoms. The van der Waals surface area contributed by atoms with Gasteiger partial charge in [-0.15, -0.1) is 0 Å². The van der Waals surface area contributed by atoms with Crippen LogP contribution in [0.4, 0.5) is 0 Å². The average molecular weight is 647 g/mol. The average Bonchev–Trinajstić information content (AvgIpc) is 3.64. The number of benzene rings is 5. The first-order valence-corrected chi connectivity index (χ1v) is 15.2. The second-order valence-electron chi connectivity index (χ2n) is 11.1. The molecule has 0 saturated heterocycles. The number of para-hydroxylation sites is 1. The van der Waals surface area contributed by atoms with E-state index in [2.05, 4.69) is 9.55 Å². The van der Waals surface area contributed by atoms with Crippen molar-refractivity contribution in [2.45, 2.75) is 26.2 Å². The number of aliphatic carboxylic acids is 1. The molecule has 9 heteroatoms. The van der Waals surface area contributed by atoms with Crippen molar-refractivity contribution in [1.29, 1.82) is 0 Å². The minimum atomic E-state index is -1.30. The first-order chi connectivity index (χ1) is 23.0. The molecule has 0 radical (unpaired) electrons. The third-order valence-electron chi connectivity index (χ3n) is 8.17. The molecule has 0 amide bonds. The smallest absolute Gasteiger partial charge is 0.546 e. The molecule has 0 aliphatic heterocycles. The second kappa shape index (κ2) is 14.4. The summed E-state index contributed by atoms with van der Waals surface area (Å²) in [6.07, 6.45) is -1.26. The van der Waals surface area contributed by atoms with E-state index < -0.39 is 12.1 Å². The van der Waals surface area contributed by atoms with Crippen LogP contribution in [0.25, 0.3) is 33.3 Å². The SMILES string of the molecule is COc1cc(Cn2c3ccccc3c3c(OC(C(=O)[O-])c4ccccc4)cccc32)ccc1OCc1nc(-c2ccccc2)oc1C.[Na+]. The summed E-state index contributed by atoms with van der Waals surface area (Å²) >= 11 is 0. The number of methoxy groups -OCH3 is 1. The standard InChI is InChI=1S/C39H32N2O6.Na/c1-25-30(40-38(46-25)28-14-7-4-8-15-28)24-45-33-21-20-26(22-35(33)44-2)23-41-31-17-10-9-16-29(31)36-32(41)18-11-19-34(36)47-37(39(42)43)27-12-5-3-6-13-27;/h3-22,37H,23-24H2,1-2H3,(H,42,43);/q;+1/p-1. The maximum atomic E-state index is 12.2. The molecule has 48 heavy (non-hydrogen) atoms. The molecule has 0 spiro atoms. The van der Waals surface area contributed by atoms with Crippen molar-refractivity contribution in [3.05, 3.63) is 144 Å². The number of carbonyl (C=O) groups excluding carboxylic acids is 1. The fraction of sp³-hybridized carbons (Fsp3) is 0.128. The number of fused-ring (bicyclic) bond motifs is 3. The van der Waals surface area contributed by atoms with E-state index in [1.807, 2.05) is 97.9 Å². The minimum absolute atomic E-state index is 0. The number of ether oxygens (including phenoxy) is 3. The third kappa shape index (κ3) is 6.55. The monoisotopic (exact) mass is 646 g/mol. The van der Waals surface area contributed by atoms with Crippen molar-refractivity contribution in [3.63, 3.8) is 0 Å². The Labute approximate surface area is 299 Å². The first kappa shape index (κ1) is 32.9. The summed E-state index contributed by atoms with van der Waals surface area (Å²) < 4.78 is 26.2. The Kier molecular flexibility index (Phi) is 9.87. The van der Waals surface area contributed by atoms with Crippen LogP contribution in [-0.4, -0.2) is 22.6 Å². The molecular weight excluding hydrogens is 615 g/mol. The number of rotatable bonds is 11. The molecular formula is C39H31N2NaO6. The van der Waals surface area contributed by atoms with Crippen molar-refractivity contribution in [2.24, 2.45) is 0 Å². The molecule has 7 aromatic rings. The molecule has 2 heterocycles. The zero-order chi connectivity index (χ0) is 32.3. The summed E-state index contributed by atoms with van der Waals surface area (Å²) in [6.45, 7) is 2.62. The second-order valence-corrected chi connectivity index (χ2v) is 11.1. The summed E-state index contributed by atoms with van der Waals surface area (Å²) in [6, 6.07) is 38.2. The number of carboxylic acid groups (broad SMARTS) is 1. The molecule has 5 aromatic carbocycles. The number of hydrogen-bond acceptors (Lipinski definition) is 7. The van der Waals surface area contributed by atoms with Gasteiger partial charge in [0.25, 0.3) is 0 Å². The van der Waals surface area contributed by atoms with Crippen LogP contribution in [0.5, 0.6) is 17.2 Å². The van der Waals surface area contributed by atoms with Crippen molar-refractivity contribution in [2.75, 3.05) is 7.11 Å². The summed E-state index contributed by atoms with van der Waals surface area (Å²) in [5.74, 6) is 1.60. The third-order valence-corrected chi connectivity index (χ3v) is 8.17. The molecule has 234 valence electrons.